The fourth-order valence-corrected chi connectivity index (χ4v) is 4.74. The van der Waals surface area contributed by atoms with E-state index in [-0.39, 0.29) is 17.0 Å². The lowest BCUT2D eigenvalue weighted by Crippen LogP contribution is -2.46. The fourth-order valence-electron chi connectivity index (χ4n) is 4.74. The van der Waals surface area contributed by atoms with E-state index in [2.05, 4.69) is 57.3 Å². The van der Waals surface area contributed by atoms with Crippen molar-refractivity contribution >= 4 is 0 Å². The van der Waals surface area contributed by atoms with Gasteiger partial charge in [0.1, 0.15) is 11.6 Å². The van der Waals surface area contributed by atoms with Crippen LogP contribution in [0.25, 0.3) is 0 Å². The molecule has 2 nitrogen and oxygen atoms in total. The topological polar surface area (TPSA) is 38.0 Å². The molecule has 0 radical (unpaired) electrons. The Hall–Kier alpha value is -1.78. The van der Waals surface area contributed by atoms with Gasteiger partial charge in [0.2, 0.25) is 0 Å². The smallest absolute Gasteiger partial charge is 0.126 e. The lowest BCUT2D eigenvalue weighted by atomic mass is 9.72. The van der Waals surface area contributed by atoms with Crippen LogP contribution in [0.2, 0.25) is 0 Å². The number of rotatable bonds is 7. The SMILES string of the molecule is CC1CCC(NCCC(N)Cc2cc(F)cc(F)c2)(c2cccc(C(C)(C)C)c2)CC1. The van der Waals surface area contributed by atoms with Gasteiger partial charge in [0.05, 0.1) is 0 Å². The van der Waals surface area contributed by atoms with Crippen LogP contribution in [0, 0.1) is 17.6 Å². The third kappa shape index (κ3) is 6.36. The standard InChI is InChI=1S/C27H38F2N2/c1-19-8-11-27(12-9-19,22-7-5-6-21(17-22)26(2,3)4)31-13-10-25(30)16-20-14-23(28)18-24(29)15-20/h5-7,14-15,17-19,25,31H,8-13,16,30H2,1-4H3. The number of nitrogens with two attached hydrogens (primary N) is 1. The van der Waals surface area contributed by atoms with Gasteiger partial charge in [-0.05, 0) is 85.2 Å². The molecule has 0 saturated heterocycles. The van der Waals surface area contributed by atoms with Crippen molar-refractivity contribution in [3.8, 4) is 0 Å². The first-order valence-corrected chi connectivity index (χ1v) is 11.6. The van der Waals surface area contributed by atoms with E-state index in [0.29, 0.717) is 12.0 Å². The summed E-state index contributed by atoms with van der Waals surface area (Å²) in [5.41, 5.74) is 9.74. The van der Waals surface area contributed by atoms with E-state index in [1.54, 1.807) is 0 Å². The molecular weight excluding hydrogens is 390 g/mol. The zero-order valence-electron chi connectivity index (χ0n) is 19.5. The van der Waals surface area contributed by atoms with Gasteiger partial charge in [0.15, 0.2) is 0 Å². The van der Waals surface area contributed by atoms with E-state index in [1.165, 1.54) is 36.1 Å². The van der Waals surface area contributed by atoms with Gasteiger partial charge < -0.3 is 11.1 Å². The molecule has 1 atom stereocenters. The van der Waals surface area contributed by atoms with E-state index in [9.17, 15) is 8.78 Å². The van der Waals surface area contributed by atoms with Crippen LogP contribution in [0.1, 0.15) is 76.5 Å². The van der Waals surface area contributed by atoms with Crippen LogP contribution in [-0.2, 0) is 17.4 Å². The average Bonchev–Trinajstić information content (AvgIpc) is 2.68. The summed E-state index contributed by atoms with van der Waals surface area (Å²) in [5, 5.41) is 3.86. The number of hydrogen-bond acceptors (Lipinski definition) is 2. The molecule has 0 bridgehead atoms. The monoisotopic (exact) mass is 428 g/mol. The van der Waals surface area contributed by atoms with Gasteiger partial charge in [0.25, 0.3) is 0 Å². The number of hydrogen-bond donors (Lipinski definition) is 2. The third-order valence-corrected chi connectivity index (χ3v) is 6.81. The van der Waals surface area contributed by atoms with Gasteiger partial charge in [-0.2, -0.15) is 0 Å². The summed E-state index contributed by atoms with van der Waals surface area (Å²) in [7, 11) is 0. The lowest BCUT2D eigenvalue weighted by molar-refractivity contribution is 0.194. The average molecular weight is 429 g/mol. The second-order valence-corrected chi connectivity index (χ2v) is 10.6. The normalized spacial score (nSPS) is 23.0. The van der Waals surface area contributed by atoms with Crippen molar-refractivity contribution in [2.24, 2.45) is 11.7 Å². The third-order valence-electron chi connectivity index (χ3n) is 6.81. The van der Waals surface area contributed by atoms with Crippen LogP contribution in [0.3, 0.4) is 0 Å². The quantitative estimate of drug-likeness (QED) is 0.550. The van der Waals surface area contributed by atoms with E-state index < -0.39 is 11.6 Å². The molecule has 1 aliphatic carbocycles. The van der Waals surface area contributed by atoms with E-state index in [4.69, 9.17) is 5.73 Å². The molecule has 2 aromatic rings. The lowest BCUT2D eigenvalue weighted by Gasteiger charge is -2.42. The molecule has 2 aromatic carbocycles. The molecule has 3 N–H and O–H groups in total. The van der Waals surface area contributed by atoms with E-state index in [0.717, 1.165) is 37.8 Å². The summed E-state index contributed by atoms with van der Waals surface area (Å²) in [5.74, 6) is -0.338. The van der Waals surface area contributed by atoms with Crippen molar-refractivity contribution in [2.45, 2.75) is 83.2 Å². The van der Waals surface area contributed by atoms with Crippen LogP contribution in [0.4, 0.5) is 8.78 Å². The molecule has 0 heterocycles. The molecule has 0 spiro atoms. The predicted octanol–water partition coefficient (Wildman–Crippen LogP) is 6.22. The largest absolute Gasteiger partial charge is 0.327 e. The summed E-state index contributed by atoms with van der Waals surface area (Å²) in [4.78, 5) is 0. The predicted molar refractivity (Wildman–Crippen MR) is 125 cm³/mol. The van der Waals surface area contributed by atoms with Crippen molar-refractivity contribution in [1.29, 1.82) is 0 Å². The van der Waals surface area contributed by atoms with Gasteiger partial charge in [-0.3, -0.25) is 0 Å². The molecule has 0 amide bonds. The van der Waals surface area contributed by atoms with Crippen LogP contribution < -0.4 is 11.1 Å². The minimum absolute atomic E-state index is 0.0293. The molecule has 1 fully saturated rings. The molecule has 0 aliphatic heterocycles. The first-order chi connectivity index (χ1) is 14.6. The molecule has 1 aliphatic rings. The highest BCUT2D eigenvalue weighted by Crippen LogP contribution is 2.40. The van der Waals surface area contributed by atoms with Crippen LogP contribution in [0.5, 0.6) is 0 Å². The number of benzene rings is 2. The maximum absolute atomic E-state index is 13.5. The van der Waals surface area contributed by atoms with Crippen LogP contribution >= 0.6 is 0 Å². The summed E-state index contributed by atoms with van der Waals surface area (Å²) in [6.45, 7) is 9.88. The van der Waals surface area contributed by atoms with E-state index in [1.807, 2.05) is 0 Å². The number of nitrogens with one attached hydrogen (secondary N) is 1. The zero-order chi connectivity index (χ0) is 22.6. The highest BCUT2D eigenvalue weighted by Gasteiger charge is 2.35. The van der Waals surface area contributed by atoms with Gasteiger partial charge in [0, 0.05) is 17.6 Å². The highest BCUT2D eigenvalue weighted by atomic mass is 19.1. The molecular formula is C27H38F2N2. The molecule has 3 rings (SSSR count). The zero-order valence-corrected chi connectivity index (χ0v) is 19.5. The minimum Gasteiger partial charge on any atom is -0.327 e. The van der Waals surface area contributed by atoms with Crippen molar-refractivity contribution in [3.05, 3.63) is 70.8 Å². The van der Waals surface area contributed by atoms with Crippen molar-refractivity contribution in [3.63, 3.8) is 0 Å². The Morgan fingerprint density at radius 2 is 1.71 bits per heavy atom. The maximum atomic E-state index is 13.5. The number of halogens is 2. The Bertz CT molecular complexity index is 844. The van der Waals surface area contributed by atoms with Crippen molar-refractivity contribution < 1.29 is 8.78 Å². The Kier molecular flexibility index (Phi) is 7.54. The summed E-state index contributed by atoms with van der Waals surface area (Å²) < 4.78 is 26.9. The Balaban J connectivity index is 1.69. The van der Waals surface area contributed by atoms with Crippen LogP contribution in [0.15, 0.2) is 42.5 Å². The molecule has 4 heteroatoms. The second kappa shape index (κ2) is 9.79. The Morgan fingerprint density at radius 1 is 1.06 bits per heavy atom. The molecule has 1 unspecified atom stereocenters. The first-order valence-electron chi connectivity index (χ1n) is 11.6. The Morgan fingerprint density at radius 3 is 2.32 bits per heavy atom. The van der Waals surface area contributed by atoms with Crippen molar-refractivity contribution in [1.82, 2.24) is 5.32 Å². The van der Waals surface area contributed by atoms with Crippen LogP contribution in [-0.4, -0.2) is 12.6 Å². The Labute approximate surface area is 186 Å². The second-order valence-electron chi connectivity index (χ2n) is 10.6. The summed E-state index contributed by atoms with van der Waals surface area (Å²) in [6, 6.07) is 12.5. The summed E-state index contributed by atoms with van der Waals surface area (Å²) >= 11 is 0. The molecule has 1 saturated carbocycles. The minimum atomic E-state index is -0.547. The molecule has 31 heavy (non-hydrogen) atoms. The van der Waals surface area contributed by atoms with Gasteiger partial charge in [-0.1, -0.05) is 52.0 Å². The molecule has 170 valence electrons. The van der Waals surface area contributed by atoms with Crippen molar-refractivity contribution in [2.75, 3.05) is 6.54 Å². The van der Waals surface area contributed by atoms with Gasteiger partial charge in [-0.15, -0.1) is 0 Å². The maximum Gasteiger partial charge on any atom is 0.126 e. The van der Waals surface area contributed by atoms with E-state index >= 15 is 0 Å². The van der Waals surface area contributed by atoms with Gasteiger partial charge >= 0.3 is 0 Å². The summed E-state index contributed by atoms with van der Waals surface area (Å²) in [6.07, 6.45) is 5.88. The highest BCUT2D eigenvalue weighted by molar-refractivity contribution is 5.34. The first kappa shape index (κ1) is 23.9. The fraction of sp³-hybridized carbons (Fsp3) is 0.556. The molecule has 0 aromatic heterocycles. The van der Waals surface area contributed by atoms with Gasteiger partial charge in [-0.25, -0.2) is 8.78 Å².